The third-order valence-electron chi connectivity index (χ3n) is 16.3. The Balaban J connectivity index is 0.942. The van der Waals surface area contributed by atoms with Crippen molar-refractivity contribution in [3.63, 3.8) is 0 Å². The van der Waals surface area contributed by atoms with Crippen LogP contribution in [0.1, 0.15) is 61.1 Å². The van der Waals surface area contributed by atoms with Crippen LogP contribution in [-0.4, -0.2) is 0 Å². The lowest BCUT2D eigenvalue weighted by Gasteiger charge is -2.32. The van der Waals surface area contributed by atoms with Crippen LogP contribution in [0, 0.1) is 13.8 Å². The van der Waals surface area contributed by atoms with E-state index in [1.54, 1.807) is 0 Å². The summed E-state index contributed by atoms with van der Waals surface area (Å²) in [6.45, 7) is 14.5. The number of hydrogen-bond donors (Lipinski definition) is 0. The maximum absolute atomic E-state index is 2.50. The predicted molar refractivity (Wildman–Crippen MR) is 322 cm³/mol. The first kappa shape index (κ1) is 46.8. The lowest BCUT2D eigenvalue weighted by atomic mass is 9.72. The molecule has 0 saturated heterocycles. The standard InChI is InChI=1S/C74H60N2/c1-49-41-63(75(59-35-19-31-55(43-59)51-23-11-7-12-24-51)60-36-20-32-56(44-60)52-25-13-8-14-26-52)47-67-69(49)65-39-40-66-70-50(2)42-64(48-68(70)74(5,6)72(66)71(65)73(67,3)4)76(61-37-21-33-57(45-61)53-27-15-9-16-28-53)62-38-22-34-58(46-62)54-29-17-10-18-30-54/h7-48H,1-6H3. The first-order valence-electron chi connectivity index (χ1n) is 26.7. The molecule has 0 bridgehead atoms. The fraction of sp³-hybridized carbons (Fsp3) is 0.108. The molecule has 366 valence electrons. The van der Waals surface area contributed by atoms with Gasteiger partial charge in [0, 0.05) is 45.0 Å². The summed E-state index contributed by atoms with van der Waals surface area (Å²) in [5.41, 5.74) is 29.3. The van der Waals surface area contributed by atoms with Crippen LogP contribution in [0.5, 0.6) is 0 Å². The van der Waals surface area contributed by atoms with Crippen LogP contribution in [0.15, 0.2) is 255 Å². The number of nitrogens with zero attached hydrogens (tertiary/aromatic N) is 2. The molecule has 0 heterocycles. The Kier molecular flexibility index (Phi) is 11.4. The summed E-state index contributed by atoms with van der Waals surface area (Å²) in [4.78, 5) is 4.94. The van der Waals surface area contributed by atoms with Gasteiger partial charge < -0.3 is 9.80 Å². The maximum atomic E-state index is 2.50. The lowest BCUT2D eigenvalue weighted by molar-refractivity contribution is 0.601. The highest BCUT2D eigenvalue weighted by Gasteiger charge is 2.47. The average Bonchev–Trinajstić information content (AvgIpc) is 4.08. The fourth-order valence-corrected chi connectivity index (χ4v) is 12.8. The molecule has 0 atom stereocenters. The van der Waals surface area contributed by atoms with Crippen molar-refractivity contribution in [3.05, 3.63) is 288 Å². The molecule has 0 unspecified atom stereocenters. The first-order chi connectivity index (χ1) is 37.0. The minimum Gasteiger partial charge on any atom is -0.310 e. The van der Waals surface area contributed by atoms with E-state index in [1.807, 2.05) is 0 Å². The van der Waals surface area contributed by atoms with Crippen LogP contribution >= 0.6 is 0 Å². The first-order valence-corrected chi connectivity index (χ1v) is 26.7. The summed E-state index contributed by atoms with van der Waals surface area (Å²) in [5, 5.41) is 0. The molecule has 76 heavy (non-hydrogen) atoms. The van der Waals surface area contributed by atoms with E-state index in [0.717, 1.165) is 34.1 Å². The fourth-order valence-electron chi connectivity index (χ4n) is 12.8. The van der Waals surface area contributed by atoms with E-state index in [4.69, 9.17) is 0 Å². The second-order valence-corrected chi connectivity index (χ2v) is 21.9. The highest BCUT2D eigenvalue weighted by molar-refractivity contribution is 5.96. The van der Waals surface area contributed by atoms with Crippen LogP contribution in [0.3, 0.4) is 0 Å². The molecule has 2 aliphatic rings. The maximum Gasteiger partial charge on any atom is 0.0467 e. The average molecular weight is 977 g/mol. The molecule has 13 rings (SSSR count). The van der Waals surface area contributed by atoms with Gasteiger partial charge in [-0.2, -0.15) is 0 Å². The highest BCUT2D eigenvalue weighted by Crippen LogP contribution is 2.61. The third kappa shape index (κ3) is 7.87. The van der Waals surface area contributed by atoms with Crippen molar-refractivity contribution >= 4 is 34.1 Å². The quantitative estimate of drug-likeness (QED) is 0.135. The van der Waals surface area contributed by atoms with Gasteiger partial charge in [0.15, 0.2) is 0 Å². The zero-order valence-corrected chi connectivity index (χ0v) is 44.1. The van der Waals surface area contributed by atoms with Gasteiger partial charge in [0.1, 0.15) is 0 Å². The minimum atomic E-state index is -0.307. The SMILES string of the molecule is Cc1cc(N(c2cccc(-c3ccccc3)c2)c2cccc(-c3ccccc3)c2)cc2c1-c1ccc3c(c1C2(C)C)C(C)(C)c1cc(N(c2cccc(-c4ccccc4)c2)c2cccc(-c4ccccc4)c2)cc(C)c1-3. The second kappa shape index (κ2) is 18.4. The van der Waals surface area contributed by atoms with Gasteiger partial charge in [-0.3, -0.25) is 0 Å². The number of aryl methyl sites for hydroxylation is 2. The molecule has 0 fully saturated rings. The van der Waals surface area contributed by atoms with E-state index in [0.29, 0.717) is 0 Å². The summed E-state index contributed by atoms with van der Waals surface area (Å²) in [6, 6.07) is 93.7. The van der Waals surface area contributed by atoms with Crippen molar-refractivity contribution in [1.29, 1.82) is 0 Å². The second-order valence-electron chi connectivity index (χ2n) is 21.9. The molecule has 0 radical (unpaired) electrons. The number of benzene rings is 11. The number of fused-ring (bicyclic) bond motifs is 7. The van der Waals surface area contributed by atoms with Crippen molar-refractivity contribution in [2.24, 2.45) is 0 Å². The molecule has 2 aliphatic carbocycles. The Hall–Kier alpha value is -8.98. The van der Waals surface area contributed by atoms with Gasteiger partial charge in [0.05, 0.1) is 0 Å². The monoisotopic (exact) mass is 976 g/mol. The molecule has 0 N–H and O–H groups in total. The van der Waals surface area contributed by atoms with Gasteiger partial charge in [-0.25, -0.2) is 0 Å². The number of anilines is 6. The van der Waals surface area contributed by atoms with Gasteiger partial charge in [0.2, 0.25) is 0 Å². The van der Waals surface area contributed by atoms with E-state index in [2.05, 4.69) is 306 Å². The van der Waals surface area contributed by atoms with E-state index >= 15 is 0 Å². The summed E-state index contributed by atoms with van der Waals surface area (Å²) in [7, 11) is 0. The molecule has 0 aliphatic heterocycles. The molecule has 2 nitrogen and oxygen atoms in total. The van der Waals surface area contributed by atoms with Crippen LogP contribution in [0.25, 0.3) is 66.8 Å². The van der Waals surface area contributed by atoms with E-state index < -0.39 is 0 Å². The molecule has 11 aromatic carbocycles. The highest BCUT2D eigenvalue weighted by atomic mass is 15.1. The Bertz CT molecular complexity index is 3570. The Morgan fingerprint density at radius 2 is 0.513 bits per heavy atom. The molecular formula is C74H60N2. The minimum absolute atomic E-state index is 0.307. The molecular weight excluding hydrogens is 917 g/mol. The van der Waals surface area contributed by atoms with Crippen LogP contribution in [0.4, 0.5) is 34.1 Å². The van der Waals surface area contributed by atoms with Gasteiger partial charge in [0.25, 0.3) is 0 Å². The number of rotatable bonds is 10. The lowest BCUT2D eigenvalue weighted by Crippen LogP contribution is -2.24. The molecule has 0 aromatic heterocycles. The topological polar surface area (TPSA) is 6.48 Å². The van der Waals surface area contributed by atoms with E-state index in [9.17, 15) is 0 Å². The zero-order chi connectivity index (χ0) is 51.7. The smallest absolute Gasteiger partial charge is 0.0467 e. The normalized spacial score (nSPS) is 13.3. The summed E-state index contributed by atoms with van der Waals surface area (Å²) >= 11 is 0. The molecule has 0 spiro atoms. The molecule has 0 amide bonds. The van der Waals surface area contributed by atoms with E-state index in [-0.39, 0.29) is 10.8 Å². The van der Waals surface area contributed by atoms with Gasteiger partial charge in [-0.05, 0) is 187 Å². The van der Waals surface area contributed by atoms with E-state index in [1.165, 1.54) is 100 Å². The van der Waals surface area contributed by atoms with Crippen molar-refractivity contribution in [3.8, 4) is 66.8 Å². The summed E-state index contributed by atoms with van der Waals surface area (Å²) in [6.07, 6.45) is 0. The van der Waals surface area contributed by atoms with Gasteiger partial charge in [-0.1, -0.05) is 210 Å². The molecule has 11 aromatic rings. The molecule has 0 saturated carbocycles. The van der Waals surface area contributed by atoms with Gasteiger partial charge in [-0.15, -0.1) is 0 Å². The van der Waals surface area contributed by atoms with Crippen LogP contribution < -0.4 is 9.80 Å². The predicted octanol–water partition coefficient (Wildman–Crippen LogP) is 20.5. The van der Waals surface area contributed by atoms with Crippen LogP contribution in [0.2, 0.25) is 0 Å². The van der Waals surface area contributed by atoms with Crippen molar-refractivity contribution in [1.82, 2.24) is 0 Å². The van der Waals surface area contributed by atoms with Crippen molar-refractivity contribution < 1.29 is 0 Å². The summed E-state index contributed by atoms with van der Waals surface area (Å²) in [5.74, 6) is 0. The Morgan fingerprint density at radius 3 is 0.789 bits per heavy atom. The Morgan fingerprint density at radius 1 is 0.250 bits per heavy atom. The van der Waals surface area contributed by atoms with Crippen molar-refractivity contribution in [2.75, 3.05) is 9.80 Å². The largest absolute Gasteiger partial charge is 0.310 e. The van der Waals surface area contributed by atoms with Crippen molar-refractivity contribution in [2.45, 2.75) is 52.4 Å². The molecule has 2 heteroatoms. The third-order valence-corrected chi connectivity index (χ3v) is 16.3. The summed E-state index contributed by atoms with van der Waals surface area (Å²) < 4.78 is 0. The number of hydrogen-bond acceptors (Lipinski definition) is 2. The van der Waals surface area contributed by atoms with Gasteiger partial charge >= 0.3 is 0 Å². The zero-order valence-electron chi connectivity index (χ0n) is 44.1. The van der Waals surface area contributed by atoms with Crippen LogP contribution in [-0.2, 0) is 10.8 Å². The Labute approximate surface area is 448 Å².